The van der Waals surface area contributed by atoms with Crippen LogP contribution in [0.15, 0.2) is 29.3 Å². The zero-order chi connectivity index (χ0) is 10.4. The molecule has 0 spiro atoms. The van der Waals surface area contributed by atoms with Crippen LogP contribution in [0.2, 0.25) is 0 Å². The Bertz CT molecular complexity index is 304. The molecule has 1 aromatic carbocycles. The molecule has 3 heteroatoms. The van der Waals surface area contributed by atoms with Gasteiger partial charge < -0.3 is 9.47 Å². The third-order valence-electron chi connectivity index (χ3n) is 1.72. The van der Waals surface area contributed by atoms with Crippen LogP contribution in [0.5, 0.6) is 5.75 Å². The highest BCUT2D eigenvalue weighted by Gasteiger charge is 1.94. The number of hydrogen-bond acceptors (Lipinski definition) is 2. The highest BCUT2D eigenvalue weighted by atomic mass is 35.5. The van der Waals surface area contributed by atoms with E-state index in [1.54, 1.807) is 14.2 Å². The second kappa shape index (κ2) is 5.68. The Labute approximate surface area is 89.1 Å². The van der Waals surface area contributed by atoms with E-state index in [-0.39, 0.29) is 0 Å². The molecule has 76 valence electrons. The normalized spacial score (nSPS) is 11.5. The first-order chi connectivity index (χ1) is 6.76. The van der Waals surface area contributed by atoms with Gasteiger partial charge in [-0.3, -0.25) is 0 Å². The maximum Gasteiger partial charge on any atom is 0.118 e. The van der Waals surface area contributed by atoms with Crippen LogP contribution in [-0.4, -0.2) is 20.8 Å². The molecule has 0 saturated heterocycles. The molecule has 0 amide bonds. The Balaban J connectivity index is 2.72. The van der Waals surface area contributed by atoms with Crippen molar-refractivity contribution in [3.63, 3.8) is 0 Å². The van der Waals surface area contributed by atoms with Crippen LogP contribution in [-0.2, 0) is 4.74 Å². The van der Waals surface area contributed by atoms with Gasteiger partial charge in [0, 0.05) is 12.1 Å². The van der Waals surface area contributed by atoms with Crippen molar-refractivity contribution < 1.29 is 9.47 Å². The van der Waals surface area contributed by atoms with E-state index in [4.69, 9.17) is 21.1 Å². The number of methoxy groups -OCH3 is 2. The highest BCUT2D eigenvalue weighted by Crippen LogP contribution is 2.15. The first-order valence-corrected chi connectivity index (χ1v) is 4.63. The zero-order valence-corrected chi connectivity index (χ0v) is 9.04. The largest absolute Gasteiger partial charge is 0.497 e. The molecule has 0 unspecified atom stereocenters. The van der Waals surface area contributed by atoms with Gasteiger partial charge in [-0.25, -0.2) is 0 Å². The average Bonchev–Trinajstić information content (AvgIpc) is 2.19. The summed E-state index contributed by atoms with van der Waals surface area (Å²) >= 11 is 5.89. The third kappa shape index (κ3) is 3.40. The predicted molar refractivity (Wildman–Crippen MR) is 58.7 cm³/mol. The van der Waals surface area contributed by atoms with Crippen LogP contribution in [0.1, 0.15) is 5.56 Å². The first kappa shape index (κ1) is 11.1. The molecule has 0 radical (unpaired) electrons. The molecule has 0 aliphatic heterocycles. The van der Waals surface area contributed by atoms with Gasteiger partial charge in [-0.2, -0.15) is 0 Å². The topological polar surface area (TPSA) is 18.5 Å². The van der Waals surface area contributed by atoms with Gasteiger partial charge in [0.1, 0.15) is 5.75 Å². The van der Waals surface area contributed by atoms with Crippen molar-refractivity contribution in [2.75, 3.05) is 20.8 Å². The van der Waals surface area contributed by atoms with Gasteiger partial charge in [0.15, 0.2) is 0 Å². The lowest BCUT2D eigenvalue weighted by atomic mass is 10.2. The summed E-state index contributed by atoms with van der Waals surface area (Å²) in [6.07, 6.45) is 1.87. The van der Waals surface area contributed by atoms with Gasteiger partial charge in [0.05, 0.1) is 13.7 Å². The van der Waals surface area contributed by atoms with E-state index in [0.717, 1.165) is 11.3 Å². The molecule has 0 fully saturated rings. The Morgan fingerprint density at radius 2 is 1.93 bits per heavy atom. The zero-order valence-electron chi connectivity index (χ0n) is 8.29. The standard InChI is InChI=1S/C11H13ClO2/c1-13-8-10(12)7-9-3-5-11(14-2)6-4-9/h3-7H,8H2,1-2H3/b10-7-. The molecule has 2 nitrogen and oxygen atoms in total. The summed E-state index contributed by atoms with van der Waals surface area (Å²) in [5, 5.41) is 0.678. The van der Waals surface area contributed by atoms with Crippen LogP contribution >= 0.6 is 11.6 Å². The van der Waals surface area contributed by atoms with Crippen molar-refractivity contribution in [1.29, 1.82) is 0 Å². The lowest BCUT2D eigenvalue weighted by Crippen LogP contribution is -1.87. The fraction of sp³-hybridized carbons (Fsp3) is 0.273. The summed E-state index contributed by atoms with van der Waals surface area (Å²) < 4.78 is 9.94. The van der Waals surface area contributed by atoms with E-state index in [1.807, 2.05) is 30.3 Å². The molecule has 0 heterocycles. The number of hydrogen-bond donors (Lipinski definition) is 0. The molecule has 0 N–H and O–H groups in total. The molecule has 0 bridgehead atoms. The van der Waals surface area contributed by atoms with E-state index in [2.05, 4.69) is 0 Å². The van der Waals surface area contributed by atoms with Crippen molar-refractivity contribution in [3.8, 4) is 5.75 Å². The lowest BCUT2D eigenvalue weighted by molar-refractivity contribution is 0.231. The van der Waals surface area contributed by atoms with Crippen LogP contribution < -0.4 is 4.74 Å². The van der Waals surface area contributed by atoms with Crippen molar-refractivity contribution in [1.82, 2.24) is 0 Å². The van der Waals surface area contributed by atoms with E-state index in [9.17, 15) is 0 Å². The van der Waals surface area contributed by atoms with Gasteiger partial charge in [-0.1, -0.05) is 23.7 Å². The van der Waals surface area contributed by atoms with Gasteiger partial charge in [-0.15, -0.1) is 0 Å². The van der Waals surface area contributed by atoms with E-state index >= 15 is 0 Å². The first-order valence-electron chi connectivity index (χ1n) is 4.25. The van der Waals surface area contributed by atoms with Crippen molar-refractivity contribution >= 4 is 17.7 Å². The fourth-order valence-electron chi connectivity index (χ4n) is 1.06. The Hall–Kier alpha value is -0.990. The van der Waals surface area contributed by atoms with E-state index < -0.39 is 0 Å². The van der Waals surface area contributed by atoms with Gasteiger partial charge in [0.25, 0.3) is 0 Å². The number of benzene rings is 1. The molecule has 0 aromatic heterocycles. The summed E-state index contributed by atoms with van der Waals surface area (Å²) in [4.78, 5) is 0. The number of rotatable bonds is 4. The lowest BCUT2D eigenvalue weighted by Gasteiger charge is -2.00. The minimum absolute atomic E-state index is 0.438. The molecule has 0 atom stereocenters. The summed E-state index contributed by atoms with van der Waals surface area (Å²) in [7, 11) is 3.26. The van der Waals surface area contributed by atoms with Crippen LogP contribution in [0.25, 0.3) is 6.08 Å². The molecular formula is C11H13ClO2. The van der Waals surface area contributed by atoms with E-state index in [1.165, 1.54) is 0 Å². The smallest absolute Gasteiger partial charge is 0.118 e. The maximum atomic E-state index is 5.89. The third-order valence-corrected chi connectivity index (χ3v) is 1.94. The molecular weight excluding hydrogens is 200 g/mol. The van der Waals surface area contributed by atoms with Gasteiger partial charge >= 0.3 is 0 Å². The quantitative estimate of drug-likeness (QED) is 0.764. The minimum Gasteiger partial charge on any atom is -0.497 e. The summed E-state index contributed by atoms with van der Waals surface area (Å²) in [5.74, 6) is 0.838. The molecule has 1 rings (SSSR count). The second-order valence-electron chi connectivity index (χ2n) is 2.80. The average molecular weight is 213 g/mol. The van der Waals surface area contributed by atoms with Crippen molar-refractivity contribution in [2.45, 2.75) is 0 Å². The number of halogens is 1. The number of ether oxygens (including phenoxy) is 2. The molecule has 0 aliphatic rings. The van der Waals surface area contributed by atoms with Gasteiger partial charge in [-0.05, 0) is 23.8 Å². The molecule has 0 aliphatic carbocycles. The van der Waals surface area contributed by atoms with Crippen LogP contribution in [0.3, 0.4) is 0 Å². The van der Waals surface area contributed by atoms with Crippen LogP contribution in [0.4, 0.5) is 0 Å². The van der Waals surface area contributed by atoms with Crippen molar-refractivity contribution in [2.24, 2.45) is 0 Å². The van der Waals surface area contributed by atoms with Crippen molar-refractivity contribution in [3.05, 3.63) is 34.9 Å². The minimum atomic E-state index is 0.438. The predicted octanol–water partition coefficient (Wildman–Crippen LogP) is 2.92. The van der Waals surface area contributed by atoms with Crippen LogP contribution in [0, 0.1) is 0 Å². The second-order valence-corrected chi connectivity index (χ2v) is 3.28. The molecule has 14 heavy (non-hydrogen) atoms. The Morgan fingerprint density at radius 1 is 1.29 bits per heavy atom. The van der Waals surface area contributed by atoms with Gasteiger partial charge in [0.2, 0.25) is 0 Å². The Kier molecular flexibility index (Phi) is 4.50. The fourth-order valence-corrected chi connectivity index (χ4v) is 1.30. The summed E-state index contributed by atoms with van der Waals surface area (Å²) in [6, 6.07) is 7.67. The highest BCUT2D eigenvalue weighted by molar-refractivity contribution is 6.31. The van der Waals surface area contributed by atoms with E-state index in [0.29, 0.717) is 11.6 Å². The SMILES string of the molecule is COC/C(Cl)=C/c1ccc(OC)cc1. The molecule has 1 aromatic rings. The Morgan fingerprint density at radius 3 is 2.43 bits per heavy atom. The summed E-state index contributed by atoms with van der Waals surface area (Å²) in [5.41, 5.74) is 1.04. The maximum absolute atomic E-state index is 5.89. The summed E-state index contributed by atoms with van der Waals surface area (Å²) in [6.45, 7) is 0.438. The molecule has 0 saturated carbocycles. The monoisotopic (exact) mass is 212 g/mol.